The van der Waals surface area contributed by atoms with E-state index < -0.39 is 0 Å². The smallest absolute Gasteiger partial charge is 0.169 e. The Balaban J connectivity index is 1.96. The number of nitrogens with zero attached hydrogens (tertiary/aromatic N) is 3. The van der Waals surface area contributed by atoms with Crippen molar-refractivity contribution in [3.63, 3.8) is 0 Å². The van der Waals surface area contributed by atoms with Gasteiger partial charge in [0, 0.05) is 13.1 Å². The highest BCUT2D eigenvalue weighted by Crippen LogP contribution is 2.18. The Morgan fingerprint density at radius 1 is 1.44 bits per heavy atom. The Bertz CT molecular complexity index is 547. The summed E-state index contributed by atoms with van der Waals surface area (Å²) in [7, 11) is 2.06. The van der Waals surface area contributed by atoms with Gasteiger partial charge in [0.05, 0.1) is 15.4 Å². The van der Waals surface area contributed by atoms with Gasteiger partial charge in [-0.05, 0) is 49.4 Å². The summed E-state index contributed by atoms with van der Waals surface area (Å²) in [6.45, 7) is 5.26. The van der Waals surface area contributed by atoms with Crippen LogP contribution in [0.25, 0.3) is 0 Å². The van der Waals surface area contributed by atoms with E-state index >= 15 is 0 Å². The summed E-state index contributed by atoms with van der Waals surface area (Å²) >= 11 is 2.96. The molecule has 0 unspecified atom stereocenters. The van der Waals surface area contributed by atoms with Crippen LogP contribution in [0, 0.1) is 6.92 Å². The molecule has 0 radical (unpaired) electrons. The van der Waals surface area contributed by atoms with Crippen LogP contribution >= 0.6 is 22.9 Å². The van der Waals surface area contributed by atoms with Crippen molar-refractivity contribution in [2.75, 3.05) is 7.05 Å². The molecule has 0 fully saturated rings. The summed E-state index contributed by atoms with van der Waals surface area (Å²) in [5.74, 6) is 0.136. The summed E-state index contributed by atoms with van der Waals surface area (Å²) in [5.41, 5.74) is 2.18. The zero-order valence-corrected chi connectivity index (χ0v) is 12.3. The van der Waals surface area contributed by atoms with Crippen molar-refractivity contribution < 1.29 is 4.79 Å². The standard InChI is InChI=1S/C12H15N3OS2/c1-8-12(18-14-13-8)6-15(3)5-10-4-11(9(2)16)17-7-10/h4,7H,5-6H2,1-3H3. The van der Waals surface area contributed by atoms with Gasteiger partial charge in [-0.2, -0.15) is 0 Å². The second-order valence-corrected chi connectivity index (χ2v) is 6.08. The lowest BCUT2D eigenvalue weighted by Crippen LogP contribution is -2.16. The normalized spacial score (nSPS) is 11.1. The first-order chi connectivity index (χ1) is 8.56. The molecule has 2 rings (SSSR count). The summed E-state index contributed by atoms with van der Waals surface area (Å²) < 4.78 is 3.93. The average molecular weight is 281 g/mol. The number of thiophene rings is 1. The molecular weight excluding hydrogens is 266 g/mol. The van der Waals surface area contributed by atoms with Crippen molar-refractivity contribution in [3.05, 3.63) is 32.5 Å². The number of carbonyl (C=O) groups is 1. The van der Waals surface area contributed by atoms with E-state index in [1.54, 1.807) is 6.92 Å². The van der Waals surface area contributed by atoms with E-state index in [4.69, 9.17) is 0 Å². The first-order valence-corrected chi connectivity index (χ1v) is 7.26. The van der Waals surface area contributed by atoms with Gasteiger partial charge in [-0.1, -0.05) is 4.49 Å². The molecule has 0 aliphatic heterocycles. The van der Waals surface area contributed by atoms with E-state index in [-0.39, 0.29) is 5.78 Å². The third kappa shape index (κ3) is 3.22. The van der Waals surface area contributed by atoms with Gasteiger partial charge >= 0.3 is 0 Å². The van der Waals surface area contributed by atoms with Gasteiger partial charge in [0.15, 0.2) is 5.78 Å². The number of aromatic nitrogens is 2. The molecule has 0 bridgehead atoms. The van der Waals surface area contributed by atoms with Gasteiger partial charge in [-0.25, -0.2) is 0 Å². The van der Waals surface area contributed by atoms with E-state index in [1.165, 1.54) is 33.3 Å². The van der Waals surface area contributed by atoms with Crippen LogP contribution in [0.15, 0.2) is 11.4 Å². The van der Waals surface area contributed by atoms with E-state index in [0.29, 0.717) is 0 Å². The predicted octanol–water partition coefficient (Wildman–Crippen LogP) is 2.74. The van der Waals surface area contributed by atoms with Gasteiger partial charge < -0.3 is 0 Å². The van der Waals surface area contributed by atoms with E-state index in [1.807, 2.05) is 18.4 Å². The van der Waals surface area contributed by atoms with Crippen LogP contribution in [-0.4, -0.2) is 27.3 Å². The van der Waals surface area contributed by atoms with Gasteiger partial charge in [0.2, 0.25) is 0 Å². The van der Waals surface area contributed by atoms with Crippen LogP contribution in [0.2, 0.25) is 0 Å². The average Bonchev–Trinajstić information content (AvgIpc) is 2.89. The van der Waals surface area contributed by atoms with Crippen LogP contribution in [0.1, 0.15) is 32.7 Å². The second kappa shape index (κ2) is 5.69. The van der Waals surface area contributed by atoms with E-state index in [9.17, 15) is 4.79 Å². The lowest BCUT2D eigenvalue weighted by Gasteiger charge is -2.14. The topological polar surface area (TPSA) is 46.1 Å². The number of hydrogen-bond donors (Lipinski definition) is 0. The lowest BCUT2D eigenvalue weighted by atomic mass is 10.2. The maximum absolute atomic E-state index is 11.2. The van der Waals surface area contributed by atoms with Crippen molar-refractivity contribution in [2.45, 2.75) is 26.9 Å². The van der Waals surface area contributed by atoms with E-state index in [0.717, 1.165) is 23.7 Å². The summed E-state index contributed by atoms with van der Waals surface area (Å²) in [6.07, 6.45) is 0. The number of carbonyl (C=O) groups excluding carboxylic acids is 1. The molecule has 0 N–H and O–H groups in total. The fourth-order valence-electron chi connectivity index (χ4n) is 1.65. The SMILES string of the molecule is CC(=O)c1cc(CN(C)Cc2snnc2C)cs1. The van der Waals surface area contributed by atoms with Crippen molar-refractivity contribution in [1.29, 1.82) is 0 Å². The molecule has 0 aromatic carbocycles. The highest BCUT2D eigenvalue weighted by molar-refractivity contribution is 7.12. The van der Waals surface area contributed by atoms with Crippen LogP contribution in [-0.2, 0) is 13.1 Å². The monoisotopic (exact) mass is 281 g/mol. The maximum Gasteiger partial charge on any atom is 0.169 e. The number of hydrogen-bond acceptors (Lipinski definition) is 6. The molecule has 0 amide bonds. The molecule has 4 nitrogen and oxygen atoms in total. The summed E-state index contributed by atoms with van der Waals surface area (Å²) in [6, 6.07) is 1.97. The van der Waals surface area contributed by atoms with Gasteiger partial charge in [-0.15, -0.1) is 16.4 Å². The Labute approximate surface area is 114 Å². The molecule has 0 saturated heterocycles. The number of rotatable bonds is 5. The van der Waals surface area contributed by atoms with Crippen molar-refractivity contribution >= 4 is 28.7 Å². The Morgan fingerprint density at radius 2 is 2.22 bits per heavy atom. The molecular formula is C12H15N3OS2. The van der Waals surface area contributed by atoms with Crippen LogP contribution < -0.4 is 0 Å². The Morgan fingerprint density at radius 3 is 2.78 bits per heavy atom. The van der Waals surface area contributed by atoms with E-state index in [2.05, 4.69) is 21.5 Å². The fourth-order valence-corrected chi connectivity index (χ4v) is 3.17. The van der Waals surface area contributed by atoms with Crippen LogP contribution in [0.4, 0.5) is 0 Å². The largest absolute Gasteiger partial charge is 0.297 e. The number of ketones is 1. The zero-order valence-electron chi connectivity index (χ0n) is 10.6. The first kappa shape index (κ1) is 13.3. The molecule has 0 aliphatic carbocycles. The second-order valence-electron chi connectivity index (χ2n) is 4.33. The number of Topliss-reactive ketones (excluding diaryl/α,β-unsaturated/α-hetero) is 1. The number of aryl methyl sites for hydroxylation is 1. The van der Waals surface area contributed by atoms with Gasteiger partial charge in [-0.3, -0.25) is 9.69 Å². The molecule has 0 saturated carbocycles. The first-order valence-electron chi connectivity index (χ1n) is 5.61. The Hall–Kier alpha value is -1.11. The summed E-state index contributed by atoms with van der Waals surface area (Å²) in [4.78, 5) is 15.5. The highest BCUT2D eigenvalue weighted by atomic mass is 32.1. The molecule has 6 heteroatoms. The van der Waals surface area contributed by atoms with Crippen molar-refractivity contribution in [2.24, 2.45) is 0 Å². The quantitative estimate of drug-likeness (QED) is 0.791. The minimum absolute atomic E-state index is 0.136. The molecule has 0 aliphatic rings. The van der Waals surface area contributed by atoms with Gasteiger partial charge in [0.25, 0.3) is 0 Å². The fraction of sp³-hybridized carbons (Fsp3) is 0.417. The minimum atomic E-state index is 0.136. The van der Waals surface area contributed by atoms with Crippen molar-refractivity contribution in [3.8, 4) is 0 Å². The molecule has 18 heavy (non-hydrogen) atoms. The zero-order chi connectivity index (χ0) is 13.1. The maximum atomic E-state index is 11.2. The minimum Gasteiger partial charge on any atom is -0.297 e. The third-order valence-corrected chi connectivity index (χ3v) is 4.50. The third-order valence-electron chi connectivity index (χ3n) is 2.61. The molecule has 96 valence electrons. The highest BCUT2D eigenvalue weighted by Gasteiger charge is 2.09. The lowest BCUT2D eigenvalue weighted by molar-refractivity contribution is 0.102. The molecule has 2 aromatic rings. The Kier molecular flexibility index (Phi) is 4.21. The van der Waals surface area contributed by atoms with Gasteiger partial charge in [0.1, 0.15) is 0 Å². The molecule has 2 heterocycles. The van der Waals surface area contributed by atoms with Crippen LogP contribution in [0.5, 0.6) is 0 Å². The molecule has 2 aromatic heterocycles. The molecule has 0 atom stereocenters. The van der Waals surface area contributed by atoms with Crippen molar-refractivity contribution in [1.82, 2.24) is 14.5 Å². The van der Waals surface area contributed by atoms with Crippen LogP contribution in [0.3, 0.4) is 0 Å². The molecule has 0 spiro atoms. The predicted molar refractivity (Wildman–Crippen MR) is 74.1 cm³/mol. The summed E-state index contributed by atoms with van der Waals surface area (Å²) in [5, 5.41) is 6.05.